The van der Waals surface area contributed by atoms with Crippen LogP contribution in [0, 0.1) is 0 Å². The van der Waals surface area contributed by atoms with Gasteiger partial charge in [0.15, 0.2) is 0 Å². The quantitative estimate of drug-likeness (QED) is 0.770. The summed E-state index contributed by atoms with van der Waals surface area (Å²) in [7, 11) is 0. The van der Waals surface area contributed by atoms with E-state index in [0.717, 1.165) is 0 Å². The molecule has 1 aromatic rings. The molecule has 0 aromatic heterocycles. The SMILES string of the molecule is O=C(O)CC1(F)C(=O)Nc2ccccc21. The Morgan fingerprint density at radius 1 is 1.47 bits per heavy atom. The molecule has 0 bridgehead atoms. The van der Waals surface area contributed by atoms with Crippen molar-refractivity contribution in [3.63, 3.8) is 0 Å². The summed E-state index contributed by atoms with van der Waals surface area (Å²) in [5.41, 5.74) is -2.01. The summed E-state index contributed by atoms with van der Waals surface area (Å²) in [5, 5.41) is 10.9. The van der Waals surface area contributed by atoms with Crippen molar-refractivity contribution in [2.45, 2.75) is 12.1 Å². The number of aliphatic carboxylic acids is 1. The van der Waals surface area contributed by atoms with Crippen molar-refractivity contribution in [1.82, 2.24) is 0 Å². The van der Waals surface area contributed by atoms with Crippen LogP contribution in [0.2, 0.25) is 0 Å². The van der Waals surface area contributed by atoms with E-state index in [1.807, 2.05) is 0 Å². The second-order valence-corrected chi connectivity index (χ2v) is 3.37. The predicted octanol–water partition coefficient (Wildman–Crippen LogP) is 1.28. The lowest BCUT2D eigenvalue weighted by molar-refractivity contribution is -0.144. The van der Waals surface area contributed by atoms with Gasteiger partial charge in [-0.15, -0.1) is 0 Å². The van der Waals surface area contributed by atoms with E-state index in [4.69, 9.17) is 5.11 Å². The van der Waals surface area contributed by atoms with Crippen LogP contribution in [0.3, 0.4) is 0 Å². The van der Waals surface area contributed by atoms with Gasteiger partial charge in [-0.1, -0.05) is 18.2 Å². The minimum Gasteiger partial charge on any atom is -0.481 e. The van der Waals surface area contributed by atoms with E-state index < -0.39 is 24.0 Å². The van der Waals surface area contributed by atoms with Gasteiger partial charge in [-0.05, 0) is 6.07 Å². The second-order valence-electron chi connectivity index (χ2n) is 3.37. The van der Waals surface area contributed by atoms with E-state index >= 15 is 0 Å². The van der Waals surface area contributed by atoms with E-state index in [1.54, 1.807) is 12.1 Å². The third kappa shape index (κ3) is 1.36. The maximum absolute atomic E-state index is 14.2. The van der Waals surface area contributed by atoms with Gasteiger partial charge in [-0.3, -0.25) is 9.59 Å². The van der Waals surface area contributed by atoms with Crippen LogP contribution in [-0.4, -0.2) is 17.0 Å². The molecule has 78 valence electrons. The van der Waals surface area contributed by atoms with Gasteiger partial charge in [-0.25, -0.2) is 4.39 Å². The molecule has 1 aromatic carbocycles. The number of hydrogen-bond donors (Lipinski definition) is 2. The van der Waals surface area contributed by atoms with Crippen molar-refractivity contribution < 1.29 is 19.1 Å². The molecule has 2 N–H and O–H groups in total. The molecule has 1 unspecified atom stereocenters. The van der Waals surface area contributed by atoms with Crippen molar-refractivity contribution in [1.29, 1.82) is 0 Å². The number of fused-ring (bicyclic) bond motifs is 1. The monoisotopic (exact) mass is 209 g/mol. The smallest absolute Gasteiger partial charge is 0.307 e. The summed E-state index contributed by atoms with van der Waals surface area (Å²) in [6.07, 6.45) is -0.851. The molecule has 1 amide bonds. The number of carboxylic acid groups (broad SMARTS) is 1. The van der Waals surface area contributed by atoms with Gasteiger partial charge < -0.3 is 10.4 Å². The Labute approximate surface area is 84.7 Å². The van der Waals surface area contributed by atoms with Crippen molar-refractivity contribution in [2.24, 2.45) is 0 Å². The highest BCUT2D eigenvalue weighted by atomic mass is 19.1. The van der Waals surface area contributed by atoms with Crippen molar-refractivity contribution in [3.05, 3.63) is 29.8 Å². The van der Waals surface area contributed by atoms with Gasteiger partial charge in [0.05, 0.1) is 6.42 Å². The summed E-state index contributed by atoms with van der Waals surface area (Å²) >= 11 is 0. The lowest BCUT2D eigenvalue weighted by Crippen LogP contribution is -2.32. The molecule has 15 heavy (non-hydrogen) atoms. The molecule has 0 saturated heterocycles. The zero-order chi connectivity index (χ0) is 11.1. The van der Waals surface area contributed by atoms with E-state index in [-0.39, 0.29) is 5.56 Å². The Bertz CT molecular complexity index is 446. The Hall–Kier alpha value is -1.91. The van der Waals surface area contributed by atoms with E-state index in [1.165, 1.54) is 12.1 Å². The topological polar surface area (TPSA) is 66.4 Å². The summed E-state index contributed by atoms with van der Waals surface area (Å²) in [6, 6.07) is 6.16. The lowest BCUT2D eigenvalue weighted by atomic mass is 9.94. The van der Waals surface area contributed by atoms with Gasteiger partial charge in [0.25, 0.3) is 5.91 Å². The second kappa shape index (κ2) is 3.05. The Morgan fingerprint density at radius 3 is 2.80 bits per heavy atom. The summed E-state index contributed by atoms with van der Waals surface area (Å²) in [5.74, 6) is -2.25. The van der Waals surface area contributed by atoms with Crippen LogP contribution in [0.5, 0.6) is 0 Å². The fraction of sp³-hybridized carbons (Fsp3) is 0.200. The Kier molecular flexibility index (Phi) is 1.96. The number of carboxylic acids is 1. The van der Waals surface area contributed by atoms with Crippen LogP contribution in [0.25, 0.3) is 0 Å². The van der Waals surface area contributed by atoms with Crippen LogP contribution in [0.1, 0.15) is 12.0 Å². The number of benzene rings is 1. The third-order valence-corrected chi connectivity index (χ3v) is 2.36. The van der Waals surface area contributed by atoms with Crippen molar-refractivity contribution in [2.75, 3.05) is 5.32 Å². The molecule has 1 aliphatic rings. The van der Waals surface area contributed by atoms with Crippen molar-refractivity contribution in [3.8, 4) is 0 Å². The number of para-hydroxylation sites is 1. The van der Waals surface area contributed by atoms with Gasteiger partial charge in [-0.2, -0.15) is 0 Å². The fourth-order valence-electron chi connectivity index (χ4n) is 1.67. The molecule has 0 radical (unpaired) electrons. The predicted molar refractivity (Wildman–Crippen MR) is 50.1 cm³/mol. The molecular formula is C10H8FNO3. The number of carbonyl (C=O) groups excluding carboxylic acids is 1. The van der Waals surface area contributed by atoms with E-state index in [9.17, 15) is 14.0 Å². The number of alkyl halides is 1. The Morgan fingerprint density at radius 2 is 2.13 bits per heavy atom. The molecule has 1 aliphatic heterocycles. The third-order valence-electron chi connectivity index (χ3n) is 2.36. The molecule has 0 fully saturated rings. The highest BCUT2D eigenvalue weighted by Crippen LogP contribution is 2.41. The number of rotatable bonds is 2. The molecule has 1 atom stereocenters. The van der Waals surface area contributed by atoms with E-state index in [2.05, 4.69) is 5.32 Å². The maximum atomic E-state index is 14.2. The first kappa shape index (κ1) is 9.64. The number of amides is 1. The van der Waals surface area contributed by atoms with Gasteiger partial charge in [0, 0.05) is 11.3 Å². The molecule has 0 aliphatic carbocycles. The van der Waals surface area contributed by atoms with Gasteiger partial charge in [0.1, 0.15) is 0 Å². The minimum absolute atomic E-state index is 0.0948. The standard InChI is InChI=1S/C10H8FNO3/c11-10(5-8(13)14)6-3-1-2-4-7(6)12-9(10)15/h1-4H,5H2,(H,12,15)(H,13,14). The van der Waals surface area contributed by atoms with Crippen LogP contribution in [-0.2, 0) is 15.3 Å². The van der Waals surface area contributed by atoms with Crippen molar-refractivity contribution >= 4 is 17.6 Å². The van der Waals surface area contributed by atoms with E-state index in [0.29, 0.717) is 5.69 Å². The highest BCUT2D eigenvalue weighted by molar-refractivity contribution is 6.06. The van der Waals surface area contributed by atoms with Crippen LogP contribution >= 0.6 is 0 Å². The molecular weight excluding hydrogens is 201 g/mol. The summed E-state index contributed by atoms with van der Waals surface area (Å²) in [4.78, 5) is 21.8. The first-order valence-electron chi connectivity index (χ1n) is 4.36. The molecule has 0 saturated carbocycles. The number of anilines is 1. The minimum atomic E-state index is -2.44. The number of nitrogens with one attached hydrogen (secondary N) is 1. The Balaban J connectivity index is 2.49. The molecule has 2 rings (SSSR count). The fourth-order valence-corrected chi connectivity index (χ4v) is 1.67. The molecule has 5 heteroatoms. The maximum Gasteiger partial charge on any atom is 0.307 e. The van der Waals surface area contributed by atoms with Gasteiger partial charge in [0.2, 0.25) is 5.67 Å². The van der Waals surface area contributed by atoms with Crippen LogP contribution < -0.4 is 5.32 Å². The molecule has 1 heterocycles. The van der Waals surface area contributed by atoms with Crippen LogP contribution in [0.15, 0.2) is 24.3 Å². The highest BCUT2D eigenvalue weighted by Gasteiger charge is 2.48. The first-order chi connectivity index (χ1) is 7.04. The number of carbonyl (C=O) groups is 2. The average Bonchev–Trinajstić information content (AvgIpc) is 2.39. The molecule has 4 nitrogen and oxygen atoms in total. The number of hydrogen-bond acceptors (Lipinski definition) is 2. The summed E-state index contributed by atoms with van der Waals surface area (Å²) < 4.78 is 14.2. The zero-order valence-electron chi connectivity index (χ0n) is 7.66. The first-order valence-corrected chi connectivity index (χ1v) is 4.36. The van der Waals surface area contributed by atoms with Crippen LogP contribution in [0.4, 0.5) is 10.1 Å². The van der Waals surface area contributed by atoms with Gasteiger partial charge >= 0.3 is 5.97 Å². The normalized spacial score (nSPS) is 23.4. The summed E-state index contributed by atoms with van der Waals surface area (Å²) in [6.45, 7) is 0. The average molecular weight is 209 g/mol. The molecule has 0 spiro atoms. The zero-order valence-corrected chi connectivity index (χ0v) is 7.66. The lowest BCUT2D eigenvalue weighted by Gasteiger charge is -2.14. The largest absolute Gasteiger partial charge is 0.481 e. The number of halogens is 1.